The first-order valence-corrected chi connectivity index (χ1v) is 8.91. The topological polar surface area (TPSA) is 46.6 Å². The van der Waals surface area contributed by atoms with E-state index in [1.165, 1.54) is 5.56 Å². The fourth-order valence-electron chi connectivity index (χ4n) is 3.58. The molecule has 1 saturated heterocycles. The minimum absolute atomic E-state index is 0.0772. The molecule has 4 nitrogen and oxygen atoms in total. The molecule has 1 amide bonds. The summed E-state index contributed by atoms with van der Waals surface area (Å²) in [7, 11) is 0. The smallest absolute Gasteiger partial charge is 0.410 e. The van der Waals surface area contributed by atoms with Gasteiger partial charge in [-0.2, -0.15) is 0 Å². The van der Waals surface area contributed by atoms with Gasteiger partial charge >= 0.3 is 6.09 Å². The number of nitrogens with zero attached hydrogens (tertiary/aromatic N) is 1. The third-order valence-electron chi connectivity index (χ3n) is 4.67. The Morgan fingerprint density at radius 2 is 1.71 bits per heavy atom. The van der Waals surface area contributed by atoms with Crippen molar-refractivity contribution in [3.63, 3.8) is 0 Å². The highest BCUT2D eigenvalue weighted by atomic mass is 16.6. The van der Waals surface area contributed by atoms with Crippen LogP contribution in [0, 0.1) is 0 Å². The highest BCUT2D eigenvalue weighted by Gasteiger charge is 2.45. The summed E-state index contributed by atoms with van der Waals surface area (Å²) in [6, 6.07) is 7.92. The second kappa shape index (κ2) is 6.96. The molecule has 0 saturated carbocycles. The number of hydrogen-bond acceptors (Lipinski definition) is 3. The molecule has 132 valence electrons. The number of amides is 1. The minimum atomic E-state index is -0.470. The molecule has 3 rings (SSSR count). The van der Waals surface area contributed by atoms with Crippen LogP contribution in [-0.2, 0) is 10.2 Å². The van der Waals surface area contributed by atoms with Gasteiger partial charge in [0.1, 0.15) is 5.60 Å². The van der Waals surface area contributed by atoms with Gasteiger partial charge in [-0.05, 0) is 39.2 Å². The molecule has 0 N–H and O–H groups in total. The van der Waals surface area contributed by atoms with Gasteiger partial charge in [0.2, 0.25) is 0 Å². The van der Waals surface area contributed by atoms with Crippen LogP contribution in [0.15, 0.2) is 24.3 Å². The predicted molar refractivity (Wildman–Crippen MR) is 95.5 cm³/mol. The van der Waals surface area contributed by atoms with Crippen molar-refractivity contribution in [2.45, 2.75) is 64.9 Å². The lowest BCUT2D eigenvalue weighted by Crippen LogP contribution is -2.46. The zero-order chi connectivity index (χ0) is 18.0. The molecule has 1 heterocycles. The number of likely N-dealkylation sites (tertiary alicyclic amines) is 1. The molecule has 2 aliphatic rings. The second-order valence-corrected chi connectivity index (χ2v) is 7.39. The summed E-state index contributed by atoms with van der Waals surface area (Å²) in [5.74, 6) is 0.237. The Kier molecular flexibility index (Phi) is 5.36. The van der Waals surface area contributed by atoms with Crippen molar-refractivity contribution >= 4 is 11.9 Å². The van der Waals surface area contributed by atoms with Crippen LogP contribution < -0.4 is 0 Å². The average molecular weight is 331 g/mol. The fourth-order valence-corrected chi connectivity index (χ4v) is 3.58. The lowest BCUT2D eigenvalue weighted by atomic mass is 9.74. The lowest BCUT2D eigenvalue weighted by molar-refractivity contribution is 0.0166. The molecule has 0 bridgehead atoms. The van der Waals surface area contributed by atoms with Crippen LogP contribution >= 0.6 is 0 Å². The molecule has 1 aromatic rings. The number of Topliss-reactive ketones (excluding diaryl/α,β-unsaturated/α-hetero) is 1. The Balaban J connectivity index is 0.00000100. The van der Waals surface area contributed by atoms with Gasteiger partial charge in [0.15, 0.2) is 5.78 Å². The maximum Gasteiger partial charge on any atom is 0.410 e. The number of benzene rings is 1. The van der Waals surface area contributed by atoms with E-state index < -0.39 is 5.60 Å². The van der Waals surface area contributed by atoms with E-state index in [-0.39, 0.29) is 17.3 Å². The summed E-state index contributed by atoms with van der Waals surface area (Å²) < 4.78 is 5.44. The van der Waals surface area contributed by atoms with Gasteiger partial charge in [-0.3, -0.25) is 4.79 Å². The molecular formula is C20H29NO3. The van der Waals surface area contributed by atoms with Crippen molar-refractivity contribution < 1.29 is 14.3 Å². The number of fused-ring (bicyclic) bond motifs is 2. The molecule has 1 aliphatic carbocycles. The normalized spacial score (nSPS) is 18.7. The average Bonchev–Trinajstić information content (AvgIpc) is 2.81. The Morgan fingerprint density at radius 3 is 2.29 bits per heavy atom. The molecule has 1 fully saturated rings. The van der Waals surface area contributed by atoms with Gasteiger partial charge in [-0.25, -0.2) is 4.79 Å². The third kappa shape index (κ3) is 3.63. The first-order valence-electron chi connectivity index (χ1n) is 8.91. The number of carbonyl (C=O) groups excluding carboxylic acids is 2. The van der Waals surface area contributed by atoms with Crippen LogP contribution in [0.25, 0.3) is 0 Å². The SMILES string of the molecule is CC.CC(C)(C)OC(=O)N1CCC2(CC1)CC(=O)c1ccccc12. The van der Waals surface area contributed by atoms with Crippen LogP contribution in [0.2, 0.25) is 0 Å². The standard InChI is InChI=1S/C18H23NO3.C2H6/c1-17(2,3)22-16(21)19-10-8-18(9-11-19)12-15(20)13-6-4-5-7-14(13)18;1-2/h4-7H,8-12H2,1-3H3;1-2H3. The Bertz CT molecular complexity index is 608. The van der Waals surface area contributed by atoms with E-state index in [9.17, 15) is 9.59 Å². The van der Waals surface area contributed by atoms with Gasteiger partial charge < -0.3 is 9.64 Å². The summed E-state index contributed by atoms with van der Waals surface area (Å²) in [5.41, 5.74) is 1.49. The van der Waals surface area contributed by atoms with E-state index in [2.05, 4.69) is 6.07 Å². The van der Waals surface area contributed by atoms with Gasteiger partial charge in [0.25, 0.3) is 0 Å². The van der Waals surface area contributed by atoms with Crippen LogP contribution in [0.5, 0.6) is 0 Å². The summed E-state index contributed by atoms with van der Waals surface area (Å²) in [4.78, 5) is 26.2. The number of piperidine rings is 1. The summed E-state index contributed by atoms with van der Waals surface area (Å²) in [6.07, 6.45) is 1.98. The maximum absolute atomic E-state index is 12.2. The van der Waals surface area contributed by atoms with Gasteiger partial charge in [0, 0.05) is 30.5 Å². The summed E-state index contributed by atoms with van der Waals surface area (Å²) >= 11 is 0. The summed E-state index contributed by atoms with van der Waals surface area (Å²) in [6.45, 7) is 10.9. The van der Waals surface area contributed by atoms with Crippen molar-refractivity contribution in [1.82, 2.24) is 4.90 Å². The van der Waals surface area contributed by atoms with E-state index >= 15 is 0 Å². The lowest BCUT2D eigenvalue weighted by Gasteiger charge is -2.39. The molecule has 24 heavy (non-hydrogen) atoms. The number of ketones is 1. The predicted octanol–water partition coefficient (Wildman–Crippen LogP) is 4.57. The maximum atomic E-state index is 12.2. The van der Waals surface area contributed by atoms with Crippen molar-refractivity contribution in [2.24, 2.45) is 0 Å². The van der Waals surface area contributed by atoms with Crippen molar-refractivity contribution in [1.29, 1.82) is 0 Å². The van der Waals surface area contributed by atoms with Gasteiger partial charge in [-0.15, -0.1) is 0 Å². The molecule has 0 aromatic heterocycles. The summed E-state index contributed by atoms with van der Waals surface area (Å²) in [5, 5.41) is 0. The molecule has 0 radical (unpaired) electrons. The zero-order valence-electron chi connectivity index (χ0n) is 15.5. The molecule has 1 aromatic carbocycles. The van der Waals surface area contributed by atoms with Gasteiger partial charge in [0.05, 0.1) is 0 Å². The van der Waals surface area contributed by atoms with E-state index in [1.807, 2.05) is 52.8 Å². The molecule has 1 spiro atoms. The molecule has 1 aliphatic heterocycles. The Morgan fingerprint density at radius 1 is 1.12 bits per heavy atom. The van der Waals surface area contributed by atoms with Crippen LogP contribution in [-0.4, -0.2) is 35.5 Å². The number of rotatable bonds is 0. The van der Waals surface area contributed by atoms with E-state index in [0.717, 1.165) is 18.4 Å². The van der Waals surface area contributed by atoms with Crippen LogP contribution in [0.3, 0.4) is 0 Å². The molecule has 0 atom stereocenters. The Labute approximate surface area is 145 Å². The minimum Gasteiger partial charge on any atom is -0.444 e. The third-order valence-corrected chi connectivity index (χ3v) is 4.67. The first-order chi connectivity index (χ1) is 11.3. The zero-order valence-corrected chi connectivity index (χ0v) is 15.5. The fraction of sp³-hybridized carbons (Fsp3) is 0.600. The largest absolute Gasteiger partial charge is 0.444 e. The highest BCUT2D eigenvalue weighted by Crippen LogP contribution is 2.46. The number of hydrogen-bond donors (Lipinski definition) is 0. The Hall–Kier alpha value is -1.84. The van der Waals surface area contributed by atoms with Crippen LogP contribution in [0.1, 0.15) is 69.8 Å². The van der Waals surface area contributed by atoms with Gasteiger partial charge in [-0.1, -0.05) is 38.1 Å². The molecule has 4 heteroatoms. The van der Waals surface area contributed by atoms with E-state index in [0.29, 0.717) is 19.5 Å². The van der Waals surface area contributed by atoms with E-state index in [1.54, 1.807) is 4.90 Å². The van der Waals surface area contributed by atoms with E-state index in [4.69, 9.17) is 4.74 Å². The quantitative estimate of drug-likeness (QED) is 0.699. The number of carbonyl (C=O) groups is 2. The molecule has 0 unspecified atom stereocenters. The van der Waals surface area contributed by atoms with Crippen LogP contribution in [0.4, 0.5) is 4.79 Å². The molecular weight excluding hydrogens is 302 g/mol. The monoisotopic (exact) mass is 331 g/mol. The van der Waals surface area contributed by atoms with Crippen molar-refractivity contribution in [3.8, 4) is 0 Å². The number of ether oxygens (including phenoxy) is 1. The van der Waals surface area contributed by atoms with Crippen molar-refractivity contribution in [2.75, 3.05) is 13.1 Å². The first kappa shape index (κ1) is 18.5. The second-order valence-electron chi connectivity index (χ2n) is 7.39. The highest BCUT2D eigenvalue weighted by molar-refractivity contribution is 6.02. The van der Waals surface area contributed by atoms with Crippen molar-refractivity contribution in [3.05, 3.63) is 35.4 Å².